The fourth-order valence-electron chi connectivity index (χ4n) is 3.49. The van der Waals surface area contributed by atoms with Crippen molar-refractivity contribution >= 4 is 13.8 Å². The van der Waals surface area contributed by atoms with Crippen LogP contribution in [0.5, 0.6) is 0 Å². The third kappa shape index (κ3) is 24.6. The van der Waals surface area contributed by atoms with Crippen molar-refractivity contribution in [1.29, 1.82) is 0 Å². The SMILES string of the molecule is CCCCCCCCCCCCCCCCOCC(COP(=O)(O)OCCC)OCCC(=O)O. The van der Waals surface area contributed by atoms with Crippen molar-refractivity contribution in [3.05, 3.63) is 0 Å². The lowest BCUT2D eigenvalue weighted by molar-refractivity contribution is -0.139. The minimum absolute atomic E-state index is 0.0167. The molecule has 0 aromatic carbocycles. The lowest BCUT2D eigenvalue weighted by Gasteiger charge is -2.19. The first kappa shape index (κ1) is 33.5. The van der Waals surface area contributed by atoms with Gasteiger partial charge in [0.1, 0.15) is 6.10 Å². The summed E-state index contributed by atoms with van der Waals surface area (Å²) in [6.45, 7) is 4.72. The number of rotatable bonds is 27. The summed E-state index contributed by atoms with van der Waals surface area (Å²) in [7, 11) is -4.14. The Morgan fingerprint density at radius 2 is 1.24 bits per heavy atom. The maximum Gasteiger partial charge on any atom is 0.472 e. The summed E-state index contributed by atoms with van der Waals surface area (Å²) in [6.07, 6.45) is 17.9. The molecule has 0 bridgehead atoms. The third-order valence-corrected chi connectivity index (χ3v) is 6.48. The normalized spacial score (nSPS) is 14.2. The van der Waals surface area contributed by atoms with Gasteiger partial charge in [-0.1, -0.05) is 97.3 Å². The van der Waals surface area contributed by atoms with Crippen LogP contribution in [-0.2, 0) is 27.9 Å². The van der Waals surface area contributed by atoms with Crippen LogP contribution in [-0.4, -0.2) is 55.1 Å². The van der Waals surface area contributed by atoms with E-state index in [0.29, 0.717) is 13.0 Å². The topological polar surface area (TPSA) is 112 Å². The van der Waals surface area contributed by atoms with Crippen LogP contribution in [0.4, 0.5) is 0 Å². The van der Waals surface area contributed by atoms with E-state index in [4.69, 9.17) is 23.6 Å². The summed E-state index contributed by atoms with van der Waals surface area (Å²) in [4.78, 5) is 20.3. The highest BCUT2D eigenvalue weighted by atomic mass is 31.2. The van der Waals surface area contributed by atoms with E-state index in [9.17, 15) is 14.3 Å². The highest BCUT2D eigenvalue weighted by Crippen LogP contribution is 2.43. The van der Waals surface area contributed by atoms with Gasteiger partial charge >= 0.3 is 13.8 Å². The molecule has 0 aliphatic carbocycles. The molecular weight excluding hydrogens is 459 g/mol. The average Bonchev–Trinajstić information content (AvgIpc) is 2.80. The number of hydrogen-bond donors (Lipinski definition) is 2. The van der Waals surface area contributed by atoms with Gasteiger partial charge < -0.3 is 19.5 Å². The van der Waals surface area contributed by atoms with Crippen LogP contribution < -0.4 is 0 Å². The third-order valence-electron chi connectivity index (χ3n) is 5.50. The fraction of sp³-hybridized carbons (Fsp3) is 0.960. The van der Waals surface area contributed by atoms with Gasteiger partial charge in [0.25, 0.3) is 0 Å². The zero-order valence-electron chi connectivity index (χ0n) is 21.7. The van der Waals surface area contributed by atoms with Crippen molar-refractivity contribution in [2.45, 2.75) is 123 Å². The number of aliphatic carboxylic acids is 1. The molecule has 34 heavy (non-hydrogen) atoms. The first-order valence-electron chi connectivity index (χ1n) is 13.4. The van der Waals surface area contributed by atoms with Gasteiger partial charge in [0.2, 0.25) is 0 Å². The molecule has 8 nitrogen and oxygen atoms in total. The van der Waals surface area contributed by atoms with E-state index in [1.165, 1.54) is 77.0 Å². The second-order valence-electron chi connectivity index (χ2n) is 8.91. The molecule has 0 aliphatic heterocycles. The molecule has 0 fully saturated rings. The Kier molecular flexibility index (Phi) is 23.8. The van der Waals surface area contributed by atoms with E-state index >= 15 is 0 Å². The van der Waals surface area contributed by atoms with Crippen LogP contribution in [0.3, 0.4) is 0 Å². The average molecular weight is 511 g/mol. The maximum absolute atomic E-state index is 11.8. The van der Waals surface area contributed by atoms with Crippen molar-refractivity contribution in [2.75, 3.05) is 33.0 Å². The second kappa shape index (κ2) is 24.2. The van der Waals surface area contributed by atoms with Gasteiger partial charge in [-0.2, -0.15) is 0 Å². The second-order valence-corrected chi connectivity index (χ2v) is 10.4. The van der Waals surface area contributed by atoms with E-state index in [1.807, 2.05) is 6.92 Å². The van der Waals surface area contributed by atoms with Gasteiger partial charge in [-0.3, -0.25) is 13.8 Å². The highest BCUT2D eigenvalue weighted by molar-refractivity contribution is 7.47. The molecule has 2 N–H and O–H groups in total. The number of hydrogen-bond acceptors (Lipinski definition) is 6. The lowest BCUT2D eigenvalue weighted by Crippen LogP contribution is -2.27. The molecule has 0 radical (unpaired) electrons. The Balaban J connectivity index is 3.76. The number of carboxylic acids is 1. The van der Waals surface area contributed by atoms with Gasteiger partial charge in [0, 0.05) is 6.61 Å². The Bertz CT molecular complexity index is 503. The lowest BCUT2D eigenvalue weighted by atomic mass is 10.0. The summed E-state index contributed by atoms with van der Waals surface area (Å²) in [5, 5.41) is 8.76. The van der Waals surface area contributed by atoms with Crippen LogP contribution in [0.15, 0.2) is 0 Å². The molecule has 0 aromatic heterocycles. The summed E-state index contributed by atoms with van der Waals surface area (Å²) in [6, 6.07) is 0. The summed E-state index contributed by atoms with van der Waals surface area (Å²) in [5.41, 5.74) is 0. The summed E-state index contributed by atoms with van der Waals surface area (Å²) in [5.74, 6) is -0.970. The maximum atomic E-state index is 11.8. The first-order chi connectivity index (χ1) is 16.4. The number of phosphoric ester groups is 1. The fourth-order valence-corrected chi connectivity index (χ4v) is 4.33. The van der Waals surface area contributed by atoms with Crippen LogP contribution in [0.2, 0.25) is 0 Å². The molecule has 9 heteroatoms. The Morgan fingerprint density at radius 1 is 0.706 bits per heavy atom. The van der Waals surface area contributed by atoms with Gasteiger partial charge in [-0.05, 0) is 12.8 Å². The molecule has 0 rings (SSSR count). The van der Waals surface area contributed by atoms with Crippen LogP contribution in [0.1, 0.15) is 117 Å². The Hall–Kier alpha value is -0.500. The van der Waals surface area contributed by atoms with Crippen molar-refractivity contribution in [2.24, 2.45) is 0 Å². The van der Waals surface area contributed by atoms with E-state index in [0.717, 1.165) is 12.8 Å². The molecule has 0 saturated heterocycles. The van der Waals surface area contributed by atoms with Crippen LogP contribution in [0.25, 0.3) is 0 Å². The monoisotopic (exact) mass is 510 g/mol. The standard InChI is InChI=1S/C25H51O8P/c1-3-5-6-7-8-9-10-11-12-13-14-15-16-17-20-30-22-24(31-21-18-25(26)27)23-33-34(28,29)32-19-4-2/h24H,3-23H2,1-2H3,(H,26,27)(H,28,29). The number of ether oxygens (including phenoxy) is 2. The number of unbranched alkanes of at least 4 members (excludes halogenated alkanes) is 13. The quantitative estimate of drug-likeness (QED) is 0.0908. The van der Waals surface area contributed by atoms with Crippen molar-refractivity contribution in [3.8, 4) is 0 Å². The summed E-state index contributed by atoms with van der Waals surface area (Å²) >= 11 is 0. The molecule has 0 saturated carbocycles. The molecule has 0 aliphatic rings. The molecular formula is C25H51O8P. The van der Waals surface area contributed by atoms with Crippen molar-refractivity contribution < 1.29 is 37.9 Å². The van der Waals surface area contributed by atoms with Gasteiger partial charge in [0.15, 0.2) is 0 Å². The molecule has 2 atom stereocenters. The van der Waals surface area contributed by atoms with E-state index in [2.05, 4.69) is 6.92 Å². The minimum Gasteiger partial charge on any atom is -0.481 e. The molecule has 204 valence electrons. The van der Waals surface area contributed by atoms with Gasteiger partial charge in [0.05, 0.1) is 32.8 Å². The molecule has 2 unspecified atom stereocenters. The summed E-state index contributed by atoms with van der Waals surface area (Å²) < 4.78 is 32.7. The van der Waals surface area contributed by atoms with E-state index in [1.54, 1.807) is 0 Å². The van der Waals surface area contributed by atoms with E-state index < -0.39 is 19.9 Å². The zero-order valence-corrected chi connectivity index (χ0v) is 22.6. The Labute approximate surface area is 207 Å². The zero-order chi connectivity index (χ0) is 25.3. The number of phosphoric acid groups is 1. The molecule has 0 aromatic rings. The molecule has 0 spiro atoms. The number of carbonyl (C=O) groups is 1. The number of carboxylic acid groups (broad SMARTS) is 1. The largest absolute Gasteiger partial charge is 0.481 e. The highest BCUT2D eigenvalue weighted by Gasteiger charge is 2.23. The predicted molar refractivity (Wildman–Crippen MR) is 135 cm³/mol. The minimum atomic E-state index is -4.14. The van der Waals surface area contributed by atoms with Gasteiger partial charge in [-0.15, -0.1) is 0 Å². The van der Waals surface area contributed by atoms with Crippen LogP contribution in [0, 0.1) is 0 Å². The van der Waals surface area contributed by atoms with Crippen molar-refractivity contribution in [3.63, 3.8) is 0 Å². The van der Waals surface area contributed by atoms with E-state index in [-0.39, 0.29) is 32.8 Å². The smallest absolute Gasteiger partial charge is 0.472 e. The first-order valence-corrected chi connectivity index (χ1v) is 14.9. The van der Waals surface area contributed by atoms with Crippen molar-refractivity contribution in [1.82, 2.24) is 0 Å². The molecule has 0 heterocycles. The van der Waals surface area contributed by atoms with Crippen LogP contribution >= 0.6 is 7.82 Å². The predicted octanol–water partition coefficient (Wildman–Crippen LogP) is 6.89. The Morgan fingerprint density at radius 3 is 1.74 bits per heavy atom. The molecule has 0 amide bonds. The van der Waals surface area contributed by atoms with Gasteiger partial charge in [-0.25, -0.2) is 4.57 Å².